The van der Waals surface area contributed by atoms with Crippen molar-refractivity contribution >= 4 is 17.6 Å². The van der Waals surface area contributed by atoms with Gasteiger partial charge < -0.3 is 5.73 Å². The van der Waals surface area contributed by atoms with Crippen LogP contribution in [0.15, 0.2) is 18.3 Å². The Morgan fingerprint density at radius 1 is 1.33 bits per heavy atom. The Morgan fingerprint density at radius 3 is 2.80 bits per heavy atom. The van der Waals surface area contributed by atoms with Gasteiger partial charge in [0.25, 0.3) is 0 Å². The van der Waals surface area contributed by atoms with E-state index in [2.05, 4.69) is 11.1 Å². The van der Waals surface area contributed by atoms with Gasteiger partial charge in [0.15, 0.2) is 0 Å². The number of nitrogens with zero attached hydrogens (tertiary/aromatic N) is 1. The second-order valence-corrected chi connectivity index (χ2v) is 5.29. The van der Waals surface area contributed by atoms with Crippen LogP contribution in [-0.4, -0.2) is 10.7 Å². The molecule has 2 nitrogen and oxygen atoms in total. The van der Waals surface area contributed by atoms with Crippen LogP contribution in [0.4, 0.5) is 5.82 Å². The number of anilines is 1. The SMILES string of the molecule is Nc1ccc(CSCC2CCCC2)cn1. The Labute approximate surface area is 95.7 Å². The number of hydrogen-bond acceptors (Lipinski definition) is 3. The van der Waals surface area contributed by atoms with Gasteiger partial charge in [-0.25, -0.2) is 4.98 Å². The van der Waals surface area contributed by atoms with Crippen molar-refractivity contribution in [2.24, 2.45) is 5.92 Å². The van der Waals surface area contributed by atoms with E-state index in [1.54, 1.807) is 0 Å². The van der Waals surface area contributed by atoms with Crippen molar-refractivity contribution in [1.82, 2.24) is 4.98 Å². The summed E-state index contributed by atoms with van der Waals surface area (Å²) in [7, 11) is 0. The van der Waals surface area contributed by atoms with Crippen LogP contribution in [0.3, 0.4) is 0 Å². The Bertz CT molecular complexity index is 291. The van der Waals surface area contributed by atoms with Crippen molar-refractivity contribution in [3.05, 3.63) is 23.9 Å². The Balaban J connectivity index is 1.71. The Hall–Kier alpha value is -0.700. The maximum Gasteiger partial charge on any atom is 0.123 e. The van der Waals surface area contributed by atoms with E-state index in [0.29, 0.717) is 5.82 Å². The molecular weight excluding hydrogens is 204 g/mol. The molecule has 0 radical (unpaired) electrons. The largest absolute Gasteiger partial charge is 0.384 e. The van der Waals surface area contributed by atoms with Gasteiger partial charge >= 0.3 is 0 Å². The maximum atomic E-state index is 5.54. The molecule has 1 fully saturated rings. The molecule has 0 aliphatic heterocycles. The van der Waals surface area contributed by atoms with Crippen LogP contribution in [0.25, 0.3) is 0 Å². The van der Waals surface area contributed by atoms with Crippen LogP contribution < -0.4 is 5.73 Å². The molecule has 0 atom stereocenters. The molecule has 1 aliphatic rings. The summed E-state index contributed by atoms with van der Waals surface area (Å²) in [5.74, 6) is 3.96. The predicted molar refractivity (Wildman–Crippen MR) is 66.8 cm³/mol. The molecule has 3 heteroatoms. The van der Waals surface area contributed by atoms with Gasteiger partial charge in [0, 0.05) is 11.9 Å². The van der Waals surface area contributed by atoms with Crippen LogP contribution in [-0.2, 0) is 5.75 Å². The van der Waals surface area contributed by atoms with Crippen molar-refractivity contribution in [2.75, 3.05) is 11.5 Å². The Morgan fingerprint density at radius 2 is 2.13 bits per heavy atom. The molecule has 1 aromatic rings. The lowest BCUT2D eigenvalue weighted by Gasteiger charge is -2.07. The molecule has 82 valence electrons. The van der Waals surface area contributed by atoms with Crippen LogP contribution >= 0.6 is 11.8 Å². The van der Waals surface area contributed by atoms with Gasteiger partial charge in [-0.15, -0.1) is 0 Å². The van der Waals surface area contributed by atoms with E-state index in [-0.39, 0.29) is 0 Å². The summed E-state index contributed by atoms with van der Waals surface area (Å²) in [6.07, 6.45) is 7.64. The van der Waals surface area contributed by atoms with Gasteiger partial charge in [-0.3, -0.25) is 0 Å². The molecule has 0 aromatic carbocycles. The molecule has 0 bridgehead atoms. The lowest BCUT2D eigenvalue weighted by Crippen LogP contribution is -1.97. The van der Waals surface area contributed by atoms with Gasteiger partial charge in [0.2, 0.25) is 0 Å². The number of rotatable bonds is 4. The second-order valence-electron chi connectivity index (χ2n) is 4.26. The zero-order valence-corrected chi connectivity index (χ0v) is 9.80. The second kappa shape index (κ2) is 5.40. The summed E-state index contributed by atoms with van der Waals surface area (Å²) < 4.78 is 0. The van der Waals surface area contributed by atoms with Gasteiger partial charge in [-0.1, -0.05) is 18.9 Å². The Kier molecular flexibility index (Phi) is 3.89. The molecule has 15 heavy (non-hydrogen) atoms. The number of aromatic nitrogens is 1. The summed E-state index contributed by atoms with van der Waals surface area (Å²) in [5, 5.41) is 0. The fourth-order valence-electron chi connectivity index (χ4n) is 2.04. The van der Waals surface area contributed by atoms with E-state index < -0.39 is 0 Å². The zero-order valence-electron chi connectivity index (χ0n) is 8.98. The molecule has 1 saturated carbocycles. The van der Waals surface area contributed by atoms with E-state index in [1.165, 1.54) is 37.0 Å². The molecule has 0 unspecified atom stereocenters. The standard InChI is InChI=1S/C12H18N2S/c13-12-6-5-11(7-14-12)9-15-8-10-3-1-2-4-10/h5-7,10H,1-4,8-9H2,(H2,13,14). The van der Waals surface area contributed by atoms with E-state index in [1.807, 2.05) is 24.0 Å². The number of nitrogens with two attached hydrogens (primary N) is 1. The van der Waals surface area contributed by atoms with Crippen LogP contribution in [0, 0.1) is 5.92 Å². The van der Waals surface area contributed by atoms with Gasteiger partial charge in [0.05, 0.1) is 0 Å². The van der Waals surface area contributed by atoms with Crippen molar-refractivity contribution < 1.29 is 0 Å². The van der Waals surface area contributed by atoms with Crippen molar-refractivity contribution in [3.8, 4) is 0 Å². The summed E-state index contributed by atoms with van der Waals surface area (Å²) in [5.41, 5.74) is 6.82. The number of thioether (sulfide) groups is 1. The highest BCUT2D eigenvalue weighted by Crippen LogP contribution is 2.28. The highest BCUT2D eigenvalue weighted by molar-refractivity contribution is 7.98. The lowest BCUT2D eigenvalue weighted by atomic mass is 10.1. The van der Waals surface area contributed by atoms with Crippen LogP contribution in [0.2, 0.25) is 0 Å². The monoisotopic (exact) mass is 222 g/mol. The van der Waals surface area contributed by atoms with Gasteiger partial charge in [0.1, 0.15) is 5.82 Å². The fourth-order valence-corrected chi connectivity index (χ4v) is 3.23. The van der Waals surface area contributed by atoms with E-state index >= 15 is 0 Å². The average molecular weight is 222 g/mol. The quantitative estimate of drug-likeness (QED) is 0.851. The van der Waals surface area contributed by atoms with E-state index in [0.717, 1.165) is 11.7 Å². The minimum absolute atomic E-state index is 0.611. The summed E-state index contributed by atoms with van der Waals surface area (Å²) in [4.78, 5) is 4.09. The van der Waals surface area contributed by atoms with Crippen molar-refractivity contribution in [3.63, 3.8) is 0 Å². The molecule has 1 heterocycles. The highest BCUT2D eigenvalue weighted by atomic mass is 32.2. The third kappa shape index (κ3) is 3.42. The van der Waals surface area contributed by atoms with E-state index in [4.69, 9.17) is 5.73 Å². The molecular formula is C12H18N2S. The summed E-state index contributed by atoms with van der Waals surface area (Å²) >= 11 is 2.03. The summed E-state index contributed by atoms with van der Waals surface area (Å²) in [6, 6.07) is 3.95. The third-order valence-electron chi connectivity index (χ3n) is 2.94. The average Bonchev–Trinajstić information content (AvgIpc) is 2.74. The molecule has 1 aromatic heterocycles. The fraction of sp³-hybridized carbons (Fsp3) is 0.583. The molecule has 0 amide bonds. The first-order valence-corrected chi connectivity index (χ1v) is 6.78. The first-order chi connectivity index (χ1) is 7.34. The normalized spacial score (nSPS) is 17.1. The number of pyridine rings is 1. The van der Waals surface area contributed by atoms with Crippen molar-refractivity contribution in [2.45, 2.75) is 31.4 Å². The minimum Gasteiger partial charge on any atom is -0.384 e. The maximum absolute atomic E-state index is 5.54. The zero-order chi connectivity index (χ0) is 10.5. The van der Waals surface area contributed by atoms with Crippen LogP contribution in [0.1, 0.15) is 31.2 Å². The summed E-state index contributed by atoms with van der Waals surface area (Å²) in [6.45, 7) is 0. The number of hydrogen-bond donors (Lipinski definition) is 1. The highest BCUT2D eigenvalue weighted by Gasteiger charge is 2.14. The van der Waals surface area contributed by atoms with E-state index in [9.17, 15) is 0 Å². The lowest BCUT2D eigenvalue weighted by molar-refractivity contribution is 0.623. The number of nitrogen functional groups attached to an aromatic ring is 1. The van der Waals surface area contributed by atoms with Crippen LogP contribution in [0.5, 0.6) is 0 Å². The predicted octanol–water partition coefficient (Wildman–Crippen LogP) is 3.09. The molecule has 1 aliphatic carbocycles. The third-order valence-corrected chi connectivity index (χ3v) is 4.19. The molecule has 0 saturated heterocycles. The minimum atomic E-state index is 0.611. The smallest absolute Gasteiger partial charge is 0.123 e. The first kappa shape index (κ1) is 10.8. The molecule has 2 N–H and O–H groups in total. The first-order valence-electron chi connectivity index (χ1n) is 5.63. The van der Waals surface area contributed by atoms with Gasteiger partial charge in [-0.2, -0.15) is 11.8 Å². The van der Waals surface area contributed by atoms with Gasteiger partial charge in [-0.05, 0) is 36.1 Å². The topological polar surface area (TPSA) is 38.9 Å². The molecule has 0 spiro atoms. The molecule has 2 rings (SSSR count). The van der Waals surface area contributed by atoms with Crippen molar-refractivity contribution in [1.29, 1.82) is 0 Å².